The molecule has 1 aliphatic carbocycles. The van der Waals surface area contributed by atoms with Crippen LogP contribution < -0.4 is 10.1 Å². The number of carboxylic acids is 1. The van der Waals surface area contributed by atoms with Crippen molar-refractivity contribution in [3.63, 3.8) is 0 Å². The van der Waals surface area contributed by atoms with Gasteiger partial charge in [0.05, 0.1) is 18.7 Å². The average molecular weight is 247 g/mol. The fourth-order valence-corrected chi connectivity index (χ4v) is 3.43. The molecular weight excluding hydrogens is 230 g/mol. The molecule has 1 saturated carbocycles. The molecule has 3 atom stereocenters. The fraction of sp³-hybridized carbons (Fsp3) is 0.500. The van der Waals surface area contributed by atoms with Crippen molar-refractivity contribution in [2.24, 2.45) is 5.92 Å². The third-order valence-electron chi connectivity index (χ3n) is 4.21. The van der Waals surface area contributed by atoms with E-state index in [-0.39, 0.29) is 12.0 Å². The van der Waals surface area contributed by atoms with Gasteiger partial charge in [0.2, 0.25) is 0 Å². The first-order chi connectivity index (χ1) is 8.72. The number of anilines is 1. The third-order valence-corrected chi connectivity index (χ3v) is 4.21. The lowest BCUT2D eigenvalue weighted by molar-refractivity contribution is -0.140. The Balaban J connectivity index is 2.12. The zero-order valence-corrected chi connectivity index (χ0v) is 10.3. The zero-order chi connectivity index (χ0) is 12.7. The first-order valence-corrected chi connectivity index (χ1v) is 6.38. The SMILES string of the molecule is COc1cccc2c1NC1CCCC1C2C(=O)O. The summed E-state index contributed by atoms with van der Waals surface area (Å²) in [5.74, 6) is -0.169. The molecule has 2 N–H and O–H groups in total. The minimum absolute atomic E-state index is 0.210. The van der Waals surface area contributed by atoms with Gasteiger partial charge >= 0.3 is 5.97 Å². The van der Waals surface area contributed by atoms with Gasteiger partial charge in [-0.15, -0.1) is 0 Å². The van der Waals surface area contributed by atoms with Gasteiger partial charge in [-0.1, -0.05) is 18.6 Å². The lowest BCUT2D eigenvalue weighted by atomic mass is 9.78. The van der Waals surface area contributed by atoms with E-state index in [2.05, 4.69) is 5.32 Å². The Labute approximate surface area is 106 Å². The van der Waals surface area contributed by atoms with Crippen molar-refractivity contribution < 1.29 is 14.6 Å². The molecular formula is C14H17NO3. The number of para-hydroxylation sites is 1. The van der Waals surface area contributed by atoms with Crippen molar-refractivity contribution in [2.75, 3.05) is 12.4 Å². The summed E-state index contributed by atoms with van der Waals surface area (Å²) in [5, 5.41) is 13.0. The van der Waals surface area contributed by atoms with E-state index in [4.69, 9.17) is 4.74 Å². The second kappa shape index (κ2) is 4.19. The number of fused-ring (bicyclic) bond motifs is 2. The highest BCUT2D eigenvalue weighted by Crippen LogP contribution is 2.48. The van der Waals surface area contributed by atoms with Crippen LogP contribution in [0.2, 0.25) is 0 Å². The highest BCUT2D eigenvalue weighted by Gasteiger charge is 2.43. The molecule has 0 radical (unpaired) electrons. The van der Waals surface area contributed by atoms with Crippen molar-refractivity contribution in [1.82, 2.24) is 0 Å². The number of methoxy groups -OCH3 is 1. The quantitative estimate of drug-likeness (QED) is 0.842. The normalized spacial score (nSPS) is 29.1. The molecule has 96 valence electrons. The van der Waals surface area contributed by atoms with Crippen LogP contribution in [0.5, 0.6) is 5.75 Å². The number of hydrogen-bond acceptors (Lipinski definition) is 3. The largest absolute Gasteiger partial charge is 0.495 e. The van der Waals surface area contributed by atoms with Crippen molar-refractivity contribution in [3.05, 3.63) is 23.8 Å². The maximum atomic E-state index is 11.6. The number of carboxylic acid groups (broad SMARTS) is 1. The minimum atomic E-state index is -0.720. The minimum Gasteiger partial charge on any atom is -0.495 e. The van der Waals surface area contributed by atoms with Crippen LogP contribution in [0.25, 0.3) is 0 Å². The summed E-state index contributed by atoms with van der Waals surface area (Å²) in [7, 11) is 1.62. The Morgan fingerprint density at radius 1 is 1.44 bits per heavy atom. The molecule has 0 spiro atoms. The Kier molecular flexibility index (Phi) is 2.65. The standard InChI is InChI=1S/C14H17NO3/c1-18-11-7-3-5-9-12(14(16)17)8-4-2-6-10(8)15-13(9)11/h3,5,7-8,10,12,15H,2,4,6H2,1H3,(H,16,17). The molecule has 3 unspecified atom stereocenters. The van der Waals surface area contributed by atoms with Crippen LogP contribution in [0.1, 0.15) is 30.7 Å². The molecule has 1 heterocycles. The van der Waals surface area contributed by atoms with Crippen molar-refractivity contribution in [2.45, 2.75) is 31.2 Å². The molecule has 4 heteroatoms. The summed E-state index contributed by atoms with van der Waals surface area (Å²) in [5.41, 5.74) is 1.74. The zero-order valence-electron chi connectivity index (χ0n) is 10.3. The van der Waals surface area contributed by atoms with Gasteiger partial charge in [0.15, 0.2) is 0 Å². The summed E-state index contributed by atoms with van der Waals surface area (Å²) < 4.78 is 5.33. The van der Waals surface area contributed by atoms with E-state index in [1.807, 2.05) is 18.2 Å². The van der Waals surface area contributed by atoms with Crippen LogP contribution in [0.3, 0.4) is 0 Å². The Hall–Kier alpha value is -1.71. The van der Waals surface area contributed by atoms with E-state index < -0.39 is 11.9 Å². The van der Waals surface area contributed by atoms with Gasteiger partial charge in [0.25, 0.3) is 0 Å². The van der Waals surface area contributed by atoms with Gasteiger partial charge in [-0.2, -0.15) is 0 Å². The molecule has 1 aromatic carbocycles. The molecule has 1 aromatic rings. The van der Waals surface area contributed by atoms with Crippen LogP contribution >= 0.6 is 0 Å². The van der Waals surface area contributed by atoms with Crippen molar-refractivity contribution in [3.8, 4) is 5.75 Å². The molecule has 0 bridgehead atoms. The van der Waals surface area contributed by atoms with Crippen LogP contribution in [-0.4, -0.2) is 24.2 Å². The summed E-state index contributed by atoms with van der Waals surface area (Å²) in [6.45, 7) is 0. The van der Waals surface area contributed by atoms with Gasteiger partial charge in [-0.3, -0.25) is 4.79 Å². The number of benzene rings is 1. The number of carbonyl (C=O) groups is 1. The first kappa shape index (κ1) is 11.4. The van der Waals surface area contributed by atoms with Crippen molar-refractivity contribution >= 4 is 11.7 Å². The molecule has 18 heavy (non-hydrogen) atoms. The summed E-state index contributed by atoms with van der Waals surface area (Å²) >= 11 is 0. The van der Waals surface area contributed by atoms with Crippen molar-refractivity contribution in [1.29, 1.82) is 0 Å². The van der Waals surface area contributed by atoms with Crippen LogP contribution in [0, 0.1) is 5.92 Å². The van der Waals surface area contributed by atoms with Gasteiger partial charge in [-0.25, -0.2) is 0 Å². The molecule has 0 aromatic heterocycles. The molecule has 0 amide bonds. The predicted octanol–water partition coefficient (Wildman–Crippen LogP) is 2.46. The number of rotatable bonds is 2. The van der Waals surface area contributed by atoms with Gasteiger partial charge < -0.3 is 15.2 Å². The topological polar surface area (TPSA) is 58.6 Å². The molecule has 2 aliphatic rings. The summed E-state index contributed by atoms with van der Waals surface area (Å²) in [6.07, 6.45) is 3.14. The van der Waals surface area contributed by atoms with E-state index in [9.17, 15) is 9.90 Å². The number of hydrogen-bond donors (Lipinski definition) is 2. The Morgan fingerprint density at radius 2 is 2.28 bits per heavy atom. The van der Waals surface area contributed by atoms with E-state index in [0.717, 1.165) is 36.3 Å². The molecule has 0 saturated heterocycles. The monoisotopic (exact) mass is 247 g/mol. The number of ether oxygens (including phenoxy) is 1. The second-order valence-corrected chi connectivity index (χ2v) is 5.09. The smallest absolute Gasteiger partial charge is 0.311 e. The molecule has 4 nitrogen and oxygen atoms in total. The van der Waals surface area contributed by atoms with Crippen LogP contribution in [0.4, 0.5) is 5.69 Å². The highest BCUT2D eigenvalue weighted by atomic mass is 16.5. The van der Waals surface area contributed by atoms with Gasteiger partial charge in [0, 0.05) is 6.04 Å². The van der Waals surface area contributed by atoms with Gasteiger partial charge in [0.1, 0.15) is 5.75 Å². The fourth-order valence-electron chi connectivity index (χ4n) is 3.43. The molecule has 1 aliphatic heterocycles. The highest BCUT2D eigenvalue weighted by molar-refractivity contribution is 5.82. The van der Waals surface area contributed by atoms with E-state index in [1.54, 1.807) is 7.11 Å². The number of nitrogens with one attached hydrogen (secondary N) is 1. The average Bonchev–Trinajstić information content (AvgIpc) is 2.82. The Morgan fingerprint density at radius 3 is 3.00 bits per heavy atom. The molecule has 3 rings (SSSR count). The Bertz CT molecular complexity index is 486. The van der Waals surface area contributed by atoms with Gasteiger partial charge in [-0.05, 0) is 30.4 Å². The third kappa shape index (κ3) is 1.55. The lowest BCUT2D eigenvalue weighted by Crippen LogP contribution is -2.37. The van der Waals surface area contributed by atoms with Crippen LogP contribution in [-0.2, 0) is 4.79 Å². The molecule has 1 fully saturated rings. The van der Waals surface area contributed by atoms with Crippen LogP contribution in [0.15, 0.2) is 18.2 Å². The lowest BCUT2D eigenvalue weighted by Gasteiger charge is -2.35. The summed E-state index contributed by atoms with van der Waals surface area (Å²) in [4.78, 5) is 11.6. The maximum absolute atomic E-state index is 11.6. The first-order valence-electron chi connectivity index (χ1n) is 6.38. The second-order valence-electron chi connectivity index (χ2n) is 5.09. The summed E-state index contributed by atoms with van der Waals surface area (Å²) in [6, 6.07) is 5.91. The van der Waals surface area contributed by atoms with E-state index in [1.165, 1.54) is 0 Å². The van der Waals surface area contributed by atoms with E-state index >= 15 is 0 Å². The number of aliphatic carboxylic acids is 1. The maximum Gasteiger partial charge on any atom is 0.311 e. The van der Waals surface area contributed by atoms with E-state index in [0.29, 0.717) is 0 Å². The predicted molar refractivity (Wildman–Crippen MR) is 68.1 cm³/mol.